The van der Waals surface area contributed by atoms with Crippen LogP contribution >= 0.6 is 0 Å². The molecule has 0 N–H and O–H groups in total. The molecular weight excluding hydrogens is 263 g/mol. The number of hydrogen-bond donors (Lipinski definition) is 0. The molecule has 0 aliphatic rings. The first-order valence-corrected chi connectivity index (χ1v) is 5.39. The van der Waals surface area contributed by atoms with Gasteiger partial charge in [0.2, 0.25) is 5.91 Å². The number of rotatable bonds is 5. The van der Waals surface area contributed by atoms with Crippen LogP contribution in [0.3, 0.4) is 0 Å². The summed E-state index contributed by atoms with van der Waals surface area (Å²) in [6.45, 7) is 0.250. The van der Waals surface area contributed by atoms with Gasteiger partial charge in [-0.15, -0.1) is 13.2 Å². The Morgan fingerprint density at radius 1 is 1.26 bits per heavy atom. The zero-order valence-electron chi connectivity index (χ0n) is 10.5. The van der Waals surface area contributed by atoms with E-state index in [1.807, 2.05) is 0 Å². The summed E-state index contributed by atoms with van der Waals surface area (Å²) < 4.78 is 44.3. The Hall–Kier alpha value is -1.76. The summed E-state index contributed by atoms with van der Waals surface area (Å²) >= 11 is 0. The molecule has 0 aliphatic heterocycles. The van der Waals surface area contributed by atoms with Crippen LogP contribution in [0.15, 0.2) is 24.3 Å². The van der Waals surface area contributed by atoms with E-state index in [-0.39, 0.29) is 24.8 Å². The number of nitrogens with zero attached hydrogens (tertiary/aromatic N) is 1. The third kappa shape index (κ3) is 5.60. The summed E-state index contributed by atoms with van der Waals surface area (Å²) in [5, 5.41) is 0. The van der Waals surface area contributed by atoms with Crippen molar-refractivity contribution in [3.05, 3.63) is 29.8 Å². The van der Waals surface area contributed by atoms with Gasteiger partial charge in [-0.2, -0.15) is 0 Å². The minimum Gasteiger partial charge on any atom is -0.406 e. The first-order chi connectivity index (χ1) is 8.81. The van der Waals surface area contributed by atoms with Gasteiger partial charge in [0, 0.05) is 20.7 Å². The van der Waals surface area contributed by atoms with Crippen LogP contribution < -0.4 is 4.74 Å². The van der Waals surface area contributed by atoms with Gasteiger partial charge in [0.25, 0.3) is 0 Å². The Morgan fingerprint density at radius 2 is 1.84 bits per heavy atom. The van der Waals surface area contributed by atoms with E-state index in [1.54, 1.807) is 7.05 Å². The summed E-state index contributed by atoms with van der Waals surface area (Å²) in [6.07, 6.45) is -4.70. The lowest BCUT2D eigenvalue weighted by atomic mass is 10.2. The summed E-state index contributed by atoms with van der Waals surface area (Å²) in [5.41, 5.74) is 0.696. The van der Waals surface area contributed by atoms with E-state index in [2.05, 4.69) is 4.74 Å². The highest BCUT2D eigenvalue weighted by atomic mass is 19.4. The van der Waals surface area contributed by atoms with E-state index in [4.69, 9.17) is 4.74 Å². The lowest BCUT2D eigenvalue weighted by molar-refractivity contribution is -0.274. The molecule has 1 aromatic rings. The number of likely N-dealkylation sites (N-methyl/N-ethyl adjacent to an activating group) is 1. The van der Waals surface area contributed by atoms with Crippen molar-refractivity contribution in [3.63, 3.8) is 0 Å². The molecule has 1 rings (SSSR count). The standard InChI is InChI=1S/C12H14F3NO3/c1-16(11(17)8-18-2)7-9-3-5-10(6-4-9)19-12(13,14)15/h3-6H,7-8H2,1-2H3. The molecule has 7 heteroatoms. The molecule has 0 aliphatic carbocycles. The molecule has 0 saturated carbocycles. The molecule has 1 amide bonds. The van der Waals surface area contributed by atoms with Crippen LogP contribution in [0, 0.1) is 0 Å². The predicted molar refractivity (Wildman–Crippen MR) is 61.5 cm³/mol. The van der Waals surface area contributed by atoms with Crippen LogP contribution in [0.4, 0.5) is 13.2 Å². The molecule has 4 nitrogen and oxygen atoms in total. The van der Waals surface area contributed by atoms with Crippen LogP contribution in [0.25, 0.3) is 0 Å². The monoisotopic (exact) mass is 277 g/mol. The molecule has 0 spiro atoms. The average Bonchev–Trinajstić information content (AvgIpc) is 2.30. The van der Waals surface area contributed by atoms with E-state index >= 15 is 0 Å². The normalized spacial score (nSPS) is 11.2. The molecule has 0 unspecified atom stereocenters. The van der Waals surface area contributed by atoms with Crippen molar-refractivity contribution < 1.29 is 27.4 Å². The van der Waals surface area contributed by atoms with Crippen molar-refractivity contribution in [2.24, 2.45) is 0 Å². The number of carbonyl (C=O) groups is 1. The van der Waals surface area contributed by atoms with Gasteiger partial charge in [-0.3, -0.25) is 4.79 Å². The van der Waals surface area contributed by atoms with E-state index < -0.39 is 6.36 Å². The van der Waals surface area contributed by atoms with Gasteiger partial charge in [-0.05, 0) is 17.7 Å². The number of hydrogen-bond acceptors (Lipinski definition) is 3. The Balaban J connectivity index is 2.59. The molecule has 0 heterocycles. The second kappa shape index (κ2) is 6.42. The van der Waals surface area contributed by atoms with Gasteiger partial charge in [0.05, 0.1) is 0 Å². The molecule has 0 saturated heterocycles. The van der Waals surface area contributed by atoms with Crippen molar-refractivity contribution >= 4 is 5.91 Å². The highest BCUT2D eigenvalue weighted by Gasteiger charge is 2.30. The fourth-order valence-corrected chi connectivity index (χ4v) is 1.39. The molecule has 0 atom stereocenters. The quantitative estimate of drug-likeness (QED) is 0.828. The maximum atomic E-state index is 12.0. The van der Waals surface area contributed by atoms with Crippen LogP contribution in [-0.4, -0.2) is 37.9 Å². The van der Waals surface area contributed by atoms with E-state index in [9.17, 15) is 18.0 Å². The van der Waals surface area contributed by atoms with Crippen molar-refractivity contribution in [2.75, 3.05) is 20.8 Å². The molecule has 0 aromatic heterocycles. The largest absolute Gasteiger partial charge is 0.573 e. The zero-order chi connectivity index (χ0) is 14.5. The fourth-order valence-electron chi connectivity index (χ4n) is 1.39. The van der Waals surface area contributed by atoms with Gasteiger partial charge in [0.15, 0.2) is 0 Å². The number of benzene rings is 1. The lowest BCUT2D eigenvalue weighted by Gasteiger charge is -2.17. The number of methoxy groups -OCH3 is 1. The van der Waals surface area contributed by atoms with Gasteiger partial charge < -0.3 is 14.4 Å². The van der Waals surface area contributed by atoms with Crippen molar-refractivity contribution in [2.45, 2.75) is 12.9 Å². The minimum absolute atomic E-state index is 0.0359. The Kier molecular flexibility index (Phi) is 5.17. The average molecular weight is 277 g/mol. The fraction of sp³-hybridized carbons (Fsp3) is 0.417. The third-order valence-electron chi connectivity index (χ3n) is 2.27. The van der Waals surface area contributed by atoms with Crippen LogP contribution in [0.1, 0.15) is 5.56 Å². The highest BCUT2D eigenvalue weighted by molar-refractivity contribution is 5.77. The summed E-state index contributed by atoms with van der Waals surface area (Å²) in [6, 6.07) is 5.35. The Morgan fingerprint density at radius 3 is 2.32 bits per heavy atom. The van der Waals surface area contributed by atoms with Crippen molar-refractivity contribution in [1.82, 2.24) is 4.90 Å². The molecule has 19 heavy (non-hydrogen) atoms. The van der Waals surface area contributed by atoms with E-state index in [0.29, 0.717) is 5.56 Å². The first-order valence-electron chi connectivity index (χ1n) is 5.39. The number of alkyl halides is 3. The maximum Gasteiger partial charge on any atom is 0.573 e. The smallest absolute Gasteiger partial charge is 0.406 e. The summed E-state index contributed by atoms with van der Waals surface area (Å²) in [4.78, 5) is 12.8. The Labute approximate surface area is 108 Å². The third-order valence-corrected chi connectivity index (χ3v) is 2.27. The van der Waals surface area contributed by atoms with E-state index in [1.165, 1.54) is 36.3 Å². The summed E-state index contributed by atoms with van der Waals surface area (Å²) in [7, 11) is 3.00. The molecule has 0 fully saturated rings. The molecule has 1 aromatic carbocycles. The van der Waals surface area contributed by atoms with E-state index in [0.717, 1.165) is 0 Å². The number of amides is 1. The zero-order valence-corrected chi connectivity index (χ0v) is 10.5. The lowest BCUT2D eigenvalue weighted by Crippen LogP contribution is -2.29. The molecule has 0 radical (unpaired) electrons. The van der Waals surface area contributed by atoms with Crippen LogP contribution in [-0.2, 0) is 16.1 Å². The van der Waals surface area contributed by atoms with Gasteiger partial charge >= 0.3 is 6.36 Å². The van der Waals surface area contributed by atoms with Crippen LogP contribution in [0.5, 0.6) is 5.75 Å². The van der Waals surface area contributed by atoms with Gasteiger partial charge in [-0.25, -0.2) is 0 Å². The Bertz CT molecular complexity index is 417. The molecular formula is C12H14F3NO3. The number of halogens is 3. The second-order valence-corrected chi connectivity index (χ2v) is 3.87. The SMILES string of the molecule is COCC(=O)N(C)Cc1ccc(OC(F)(F)F)cc1. The van der Waals surface area contributed by atoms with Crippen LogP contribution in [0.2, 0.25) is 0 Å². The molecule has 0 bridgehead atoms. The number of ether oxygens (including phenoxy) is 2. The van der Waals surface area contributed by atoms with Gasteiger partial charge in [-0.1, -0.05) is 12.1 Å². The molecule has 106 valence electrons. The van der Waals surface area contributed by atoms with Crippen molar-refractivity contribution in [3.8, 4) is 5.75 Å². The summed E-state index contributed by atoms with van der Waals surface area (Å²) in [5.74, 6) is -0.500. The maximum absolute atomic E-state index is 12.0. The first kappa shape index (κ1) is 15.3. The minimum atomic E-state index is -4.70. The second-order valence-electron chi connectivity index (χ2n) is 3.87. The van der Waals surface area contributed by atoms with Crippen molar-refractivity contribution in [1.29, 1.82) is 0 Å². The number of carbonyl (C=O) groups excluding carboxylic acids is 1. The topological polar surface area (TPSA) is 38.8 Å². The predicted octanol–water partition coefficient (Wildman–Crippen LogP) is 2.19. The van der Waals surface area contributed by atoms with Gasteiger partial charge in [0.1, 0.15) is 12.4 Å². The highest BCUT2D eigenvalue weighted by Crippen LogP contribution is 2.22.